The van der Waals surface area contributed by atoms with E-state index in [2.05, 4.69) is 0 Å². The number of hydrogen-bond donors (Lipinski definition) is 2. The highest BCUT2D eigenvalue weighted by molar-refractivity contribution is 5.80. The summed E-state index contributed by atoms with van der Waals surface area (Å²) in [4.78, 5) is 23.4. The standard InChI is InChI=1S/C16H23NO5/c1-15(2,3)22-14(19)16(17,20)10-9-13(18)21-11-12-7-5-4-6-8-12/h4-8,20H,9-11,17H2,1-3H3. The first-order valence-electron chi connectivity index (χ1n) is 7.04. The highest BCUT2D eigenvalue weighted by Crippen LogP contribution is 2.15. The van der Waals surface area contributed by atoms with Crippen molar-refractivity contribution in [3.8, 4) is 0 Å². The van der Waals surface area contributed by atoms with Gasteiger partial charge in [-0.2, -0.15) is 0 Å². The molecule has 0 aliphatic heterocycles. The van der Waals surface area contributed by atoms with Crippen LogP contribution in [0, 0.1) is 0 Å². The topological polar surface area (TPSA) is 98.9 Å². The molecule has 22 heavy (non-hydrogen) atoms. The van der Waals surface area contributed by atoms with Gasteiger partial charge in [-0.15, -0.1) is 0 Å². The van der Waals surface area contributed by atoms with E-state index in [1.807, 2.05) is 30.3 Å². The molecule has 1 rings (SSSR count). The minimum atomic E-state index is -2.21. The van der Waals surface area contributed by atoms with Crippen LogP contribution in [-0.4, -0.2) is 28.4 Å². The number of ether oxygens (including phenoxy) is 2. The Morgan fingerprint density at radius 2 is 1.77 bits per heavy atom. The Bertz CT molecular complexity index is 505. The molecule has 0 saturated carbocycles. The number of aliphatic hydroxyl groups is 1. The average Bonchev–Trinajstić information content (AvgIpc) is 2.42. The van der Waals surface area contributed by atoms with Crippen molar-refractivity contribution >= 4 is 11.9 Å². The number of carbonyl (C=O) groups is 2. The van der Waals surface area contributed by atoms with Crippen molar-refractivity contribution in [1.29, 1.82) is 0 Å². The van der Waals surface area contributed by atoms with Gasteiger partial charge < -0.3 is 14.6 Å². The summed E-state index contributed by atoms with van der Waals surface area (Å²) in [5, 5.41) is 9.88. The molecule has 0 heterocycles. The van der Waals surface area contributed by atoms with Gasteiger partial charge in [-0.05, 0) is 26.3 Å². The third-order valence-electron chi connectivity index (χ3n) is 2.71. The molecule has 0 amide bonds. The molecular formula is C16H23NO5. The molecule has 6 nitrogen and oxygen atoms in total. The fourth-order valence-electron chi connectivity index (χ4n) is 1.57. The molecule has 6 heteroatoms. The number of nitrogens with two attached hydrogens (primary N) is 1. The van der Waals surface area contributed by atoms with Crippen LogP contribution in [0.3, 0.4) is 0 Å². The van der Waals surface area contributed by atoms with E-state index >= 15 is 0 Å². The SMILES string of the molecule is CC(C)(C)OC(=O)C(N)(O)CCC(=O)OCc1ccccc1. The van der Waals surface area contributed by atoms with Gasteiger partial charge in [0.05, 0.1) is 6.42 Å². The second-order valence-electron chi connectivity index (χ2n) is 6.07. The Hall–Kier alpha value is -1.92. The van der Waals surface area contributed by atoms with Crippen LogP contribution in [0.4, 0.5) is 0 Å². The van der Waals surface area contributed by atoms with Crippen molar-refractivity contribution in [3.63, 3.8) is 0 Å². The minimum Gasteiger partial charge on any atom is -0.461 e. The van der Waals surface area contributed by atoms with Gasteiger partial charge in [-0.25, -0.2) is 4.79 Å². The predicted molar refractivity (Wildman–Crippen MR) is 80.5 cm³/mol. The van der Waals surface area contributed by atoms with Crippen molar-refractivity contribution in [1.82, 2.24) is 0 Å². The van der Waals surface area contributed by atoms with E-state index in [0.29, 0.717) is 0 Å². The molecule has 0 aliphatic rings. The average molecular weight is 309 g/mol. The van der Waals surface area contributed by atoms with E-state index < -0.39 is 23.3 Å². The summed E-state index contributed by atoms with van der Waals surface area (Å²) in [6.45, 7) is 5.12. The van der Waals surface area contributed by atoms with Crippen LogP contribution in [0.2, 0.25) is 0 Å². The fraction of sp³-hybridized carbons (Fsp3) is 0.500. The number of benzene rings is 1. The van der Waals surface area contributed by atoms with Crippen LogP contribution in [0.25, 0.3) is 0 Å². The summed E-state index contributed by atoms with van der Waals surface area (Å²) < 4.78 is 10.0. The zero-order valence-electron chi connectivity index (χ0n) is 13.2. The maximum atomic E-state index is 11.7. The van der Waals surface area contributed by atoms with Crippen LogP contribution in [0.15, 0.2) is 30.3 Å². The summed E-state index contributed by atoms with van der Waals surface area (Å²) in [5.41, 5.74) is 3.37. The summed E-state index contributed by atoms with van der Waals surface area (Å²) in [7, 11) is 0. The number of esters is 2. The molecule has 0 aromatic heterocycles. The first-order chi connectivity index (χ1) is 10.1. The van der Waals surface area contributed by atoms with Gasteiger partial charge in [0.1, 0.15) is 12.2 Å². The zero-order valence-corrected chi connectivity index (χ0v) is 13.2. The smallest absolute Gasteiger partial charge is 0.353 e. The van der Waals surface area contributed by atoms with E-state index in [4.69, 9.17) is 15.2 Å². The van der Waals surface area contributed by atoms with Gasteiger partial charge in [0.2, 0.25) is 5.72 Å². The van der Waals surface area contributed by atoms with E-state index in [1.165, 1.54) is 0 Å². The molecule has 0 radical (unpaired) electrons. The molecule has 0 saturated heterocycles. The van der Waals surface area contributed by atoms with Gasteiger partial charge in [0.25, 0.3) is 0 Å². The largest absolute Gasteiger partial charge is 0.461 e. The Labute approximate surface area is 130 Å². The van der Waals surface area contributed by atoms with E-state index in [1.54, 1.807) is 20.8 Å². The zero-order chi connectivity index (χ0) is 16.8. The lowest BCUT2D eigenvalue weighted by atomic mass is 10.1. The van der Waals surface area contributed by atoms with Crippen LogP contribution in [0.1, 0.15) is 39.2 Å². The van der Waals surface area contributed by atoms with Crippen molar-refractivity contribution in [2.45, 2.75) is 51.5 Å². The Morgan fingerprint density at radius 1 is 1.18 bits per heavy atom. The molecule has 0 aliphatic carbocycles. The lowest BCUT2D eigenvalue weighted by molar-refractivity contribution is -0.178. The molecular weight excluding hydrogens is 286 g/mol. The van der Waals surface area contributed by atoms with Gasteiger partial charge in [0, 0.05) is 6.42 Å². The van der Waals surface area contributed by atoms with Crippen LogP contribution < -0.4 is 5.73 Å². The van der Waals surface area contributed by atoms with Gasteiger partial charge in [0.15, 0.2) is 0 Å². The normalized spacial score (nSPS) is 14.0. The van der Waals surface area contributed by atoms with Crippen molar-refractivity contribution in [3.05, 3.63) is 35.9 Å². The second kappa shape index (κ2) is 7.38. The summed E-state index contributed by atoms with van der Waals surface area (Å²) in [5.74, 6) is -1.51. The van der Waals surface area contributed by atoms with Crippen molar-refractivity contribution in [2.24, 2.45) is 5.73 Å². The third-order valence-corrected chi connectivity index (χ3v) is 2.71. The molecule has 3 N–H and O–H groups in total. The van der Waals surface area contributed by atoms with Gasteiger partial charge in [-0.3, -0.25) is 10.5 Å². The monoisotopic (exact) mass is 309 g/mol. The van der Waals surface area contributed by atoms with Crippen LogP contribution >= 0.6 is 0 Å². The molecule has 1 aromatic carbocycles. The first-order valence-corrected chi connectivity index (χ1v) is 7.04. The second-order valence-corrected chi connectivity index (χ2v) is 6.07. The van der Waals surface area contributed by atoms with E-state index in [9.17, 15) is 14.7 Å². The van der Waals surface area contributed by atoms with E-state index in [0.717, 1.165) is 5.56 Å². The summed E-state index contributed by atoms with van der Waals surface area (Å²) >= 11 is 0. The number of carbonyl (C=O) groups excluding carboxylic acids is 2. The molecule has 0 fully saturated rings. The van der Waals surface area contributed by atoms with Gasteiger partial charge in [-0.1, -0.05) is 30.3 Å². The Kier molecular flexibility index (Phi) is 6.08. The van der Waals surface area contributed by atoms with Crippen molar-refractivity contribution in [2.75, 3.05) is 0 Å². The molecule has 0 spiro atoms. The lowest BCUT2D eigenvalue weighted by Gasteiger charge is -2.26. The minimum absolute atomic E-state index is 0.134. The van der Waals surface area contributed by atoms with Gasteiger partial charge >= 0.3 is 11.9 Å². The van der Waals surface area contributed by atoms with Crippen LogP contribution in [-0.2, 0) is 25.7 Å². The third kappa shape index (κ3) is 6.69. The Balaban J connectivity index is 2.40. The van der Waals surface area contributed by atoms with E-state index in [-0.39, 0.29) is 19.4 Å². The summed E-state index contributed by atoms with van der Waals surface area (Å²) in [6.07, 6.45) is -0.450. The predicted octanol–water partition coefficient (Wildman–Crippen LogP) is 1.50. The number of rotatable bonds is 6. The summed E-state index contributed by atoms with van der Waals surface area (Å²) in [6, 6.07) is 9.19. The maximum absolute atomic E-state index is 11.7. The Morgan fingerprint density at radius 3 is 2.32 bits per heavy atom. The van der Waals surface area contributed by atoms with Crippen molar-refractivity contribution < 1.29 is 24.2 Å². The molecule has 1 atom stereocenters. The van der Waals surface area contributed by atoms with Crippen LogP contribution in [0.5, 0.6) is 0 Å². The molecule has 1 aromatic rings. The lowest BCUT2D eigenvalue weighted by Crippen LogP contribution is -2.51. The molecule has 122 valence electrons. The quantitative estimate of drug-likeness (QED) is 0.610. The number of hydrogen-bond acceptors (Lipinski definition) is 6. The fourth-order valence-corrected chi connectivity index (χ4v) is 1.57. The maximum Gasteiger partial charge on any atom is 0.353 e. The molecule has 1 unspecified atom stereocenters. The highest BCUT2D eigenvalue weighted by Gasteiger charge is 2.36. The first kappa shape index (κ1) is 18.1. The highest BCUT2D eigenvalue weighted by atomic mass is 16.6. The molecule has 0 bridgehead atoms.